The summed E-state index contributed by atoms with van der Waals surface area (Å²) in [6.07, 6.45) is 4.32. The standard InChI is InChI=1S/C32H40N6O6S/c1-21-15-38(22(2)19-39)32(41)14-23-12-25(34-30(40)13-24-16-36(4)27-9-7-6-8-26(24)27)10-11-28(23)44-29(21)17-37(5)45(42,43)31-18-35(3)20-33-31/h6-12,16,18,20-22,29,39H,13-15,17,19H2,1-5H3,(H,34,40)/t21-,22+,29+/m0/s1. The third-order valence-electron chi connectivity index (χ3n) is 8.32. The predicted molar refractivity (Wildman–Crippen MR) is 170 cm³/mol. The van der Waals surface area contributed by atoms with Crippen LogP contribution in [0.25, 0.3) is 10.9 Å². The van der Waals surface area contributed by atoms with Gasteiger partial charge in [0.1, 0.15) is 11.9 Å². The van der Waals surface area contributed by atoms with Gasteiger partial charge in [0.05, 0.1) is 38.4 Å². The van der Waals surface area contributed by atoms with Gasteiger partial charge < -0.3 is 29.2 Å². The van der Waals surface area contributed by atoms with Crippen LogP contribution in [0.3, 0.4) is 0 Å². The third-order valence-corrected chi connectivity index (χ3v) is 10.0. The van der Waals surface area contributed by atoms with Gasteiger partial charge in [-0.3, -0.25) is 9.59 Å². The van der Waals surface area contributed by atoms with Crippen LogP contribution in [0, 0.1) is 5.92 Å². The fraction of sp³-hybridized carbons (Fsp3) is 0.406. The molecule has 5 rings (SSSR count). The van der Waals surface area contributed by atoms with Crippen LogP contribution in [-0.4, -0.2) is 87.6 Å². The van der Waals surface area contributed by atoms with E-state index in [1.165, 1.54) is 23.9 Å². The van der Waals surface area contributed by atoms with Crippen molar-refractivity contribution in [2.45, 2.75) is 43.9 Å². The first-order valence-corrected chi connectivity index (χ1v) is 16.3. The second-order valence-corrected chi connectivity index (χ2v) is 13.9. The van der Waals surface area contributed by atoms with Crippen LogP contribution in [0.4, 0.5) is 5.69 Å². The first-order chi connectivity index (χ1) is 21.4. The Hall–Kier alpha value is -4.20. The van der Waals surface area contributed by atoms with Crippen molar-refractivity contribution in [2.75, 3.05) is 32.1 Å². The number of amides is 2. The lowest BCUT2D eigenvalue weighted by Gasteiger charge is -2.33. The van der Waals surface area contributed by atoms with Crippen LogP contribution in [0.15, 0.2) is 66.2 Å². The van der Waals surface area contributed by atoms with Crippen LogP contribution in [-0.2, 0) is 46.5 Å². The number of aryl methyl sites for hydroxylation is 2. The van der Waals surface area contributed by atoms with Gasteiger partial charge >= 0.3 is 0 Å². The number of nitrogens with one attached hydrogen (secondary N) is 1. The number of imidazole rings is 1. The number of hydrogen-bond acceptors (Lipinski definition) is 7. The average molecular weight is 637 g/mol. The smallest absolute Gasteiger partial charge is 0.261 e. The maximum absolute atomic E-state index is 13.6. The lowest BCUT2D eigenvalue weighted by Crippen LogP contribution is -2.48. The second kappa shape index (κ2) is 13.0. The van der Waals surface area contributed by atoms with E-state index in [2.05, 4.69) is 10.3 Å². The normalized spacial score (nSPS) is 18.2. The highest BCUT2D eigenvalue weighted by Crippen LogP contribution is 2.30. The van der Waals surface area contributed by atoms with E-state index in [0.717, 1.165) is 16.5 Å². The number of fused-ring (bicyclic) bond motifs is 2. The Labute approximate surface area is 263 Å². The molecule has 1 aliphatic heterocycles. The molecule has 0 radical (unpaired) electrons. The number of carbonyl (C=O) groups is 2. The molecule has 2 aromatic heterocycles. The van der Waals surface area contributed by atoms with E-state index in [1.54, 1.807) is 41.6 Å². The maximum Gasteiger partial charge on any atom is 0.261 e. The molecule has 0 fully saturated rings. The fourth-order valence-electron chi connectivity index (χ4n) is 5.70. The summed E-state index contributed by atoms with van der Waals surface area (Å²) >= 11 is 0. The van der Waals surface area contributed by atoms with E-state index in [4.69, 9.17) is 4.74 Å². The SMILES string of the molecule is C[C@H](CO)N1C[C@H](C)[C@@H](CN(C)S(=O)(=O)c2cn(C)cn2)Oc2ccc(NC(=O)Cc3cn(C)c4ccccc34)cc2CC1=O. The number of hydrogen-bond donors (Lipinski definition) is 2. The van der Waals surface area contributed by atoms with E-state index in [1.807, 2.05) is 49.0 Å². The number of nitrogens with zero attached hydrogens (tertiary/aromatic N) is 5. The highest BCUT2D eigenvalue weighted by Gasteiger charge is 2.34. The van der Waals surface area contributed by atoms with Gasteiger partial charge in [-0.05, 0) is 36.8 Å². The van der Waals surface area contributed by atoms with Gasteiger partial charge in [0.2, 0.25) is 11.8 Å². The Kier molecular flexibility index (Phi) is 9.33. The number of aliphatic hydroxyl groups excluding tert-OH is 1. The van der Waals surface area contributed by atoms with Gasteiger partial charge in [-0.2, -0.15) is 4.31 Å². The lowest BCUT2D eigenvalue weighted by atomic mass is 10.0. The van der Waals surface area contributed by atoms with Gasteiger partial charge in [0.25, 0.3) is 10.0 Å². The Balaban J connectivity index is 1.41. The number of para-hydroxylation sites is 1. The number of aromatic nitrogens is 3. The van der Waals surface area contributed by atoms with Gasteiger partial charge in [0.15, 0.2) is 5.03 Å². The van der Waals surface area contributed by atoms with E-state index < -0.39 is 22.2 Å². The predicted octanol–water partition coefficient (Wildman–Crippen LogP) is 2.56. The zero-order valence-electron chi connectivity index (χ0n) is 26.2. The van der Waals surface area contributed by atoms with Crippen LogP contribution in [0.2, 0.25) is 0 Å². The van der Waals surface area contributed by atoms with Crippen molar-refractivity contribution in [3.05, 3.63) is 72.3 Å². The molecule has 1 aliphatic rings. The van der Waals surface area contributed by atoms with E-state index in [9.17, 15) is 23.1 Å². The molecule has 2 amide bonds. The number of rotatable bonds is 9. The van der Waals surface area contributed by atoms with Gasteiger partial charge in [-0.1, -0.05) is 25.1 Å². The zero-order valence-corrected chi connectivity index (χ0v) is 27.0. The number of benzene rings is 2. The molecule has 0 unspecified atom stereocenters. The minimum atomic E-state index is -3.90. The molecule has 2 aromatic carbocycles. The van der Waals surface area contributed by atoms with Crippen LogP contribution >= 0.6 is 0 Å². The summed E-state index contributed by atoms with van der Waals surface area (Å²) in [5.74, 6) is -0.280. The van der Waals surface area contributed by atoms with E-state index in [-0.39, 0.29) is 55.3 Å². The summed E-state index contributed by atoms with van der Waals surface area (Å²) in [6.45, 7) is 3.68. The van der Waals surface area contributed by atoms with E-state index in [0.29, 0.717) is 17.0 Å². The monoisotopic (exact) mass is 636 g/mol. The Morgan fingerprint density at radius 1 is 1.20 bits per heavy atom. The number of likely N-dealkylation sites (N-methyl/N-ethyl adjacent to an activating group) is 1. The molecular formula is C32H40N6O6S. The number of anilines is 1. The average Bonchev–Trinajstić information content (AvgIpc) is 3.59. The van der Waals surface area contributed by atoms with Crippen molar-refractivity contribution in [1.82, 2.24) is 23.3 Å². The Bertz CT molecular complexity index is 1820. The number of sulfonamides is 1. The third kappa shape index (κ3) is 6.90. The molecule has 240 valence electrons. The zero-order chi connectivity index (χ0) is 32.5. The summed E-state index contributed by atoms with van der Waals surface area (Å²) in [4.78, 5) is 32.3. The van der Waals surface area contributed by atoms with Crippen molar-refractivity contribution >= 4 is 38.4 Å². The number of ether oxygens (including phenoxy) is 1. The minimum absolute atomic E-state index is 0.00142. The topological polar surface area (TPSA) is 139 Å². The number of aliphatic hydroxyl groups is 1. The Morgan fingerprint density at radius 3 is 2.67 bits per heavy atom. The highest BCUT2D eigenvalue weighted by atomic mass is 32.2. The summed E-state index contributed by atoms with van der Waals surface area (Å²) in [5, 5.41) is 13.8. The molecule has 12 nitrogen and oxygen atoms in total. The molecule has 3 atom stereocenters. The number of carbonyl (C=O) groups excluding carboxylic acids is 2. The van der Waals surface area contributed by atoms with Crippen LogP contribution < -0.4 is 10.1 Å². The van der Waals surface area contributed by atoms with Gasteiger partial charge in [0, 0.05) is 68.2 Å². The Morgan fingerprint density at radius 2 is 1.96 bits per heavy atom. The fourth-order valence-corrected chi connectivity index (χ4v) is 6.85. The largest absolute Gasteiger partial charge is 0.488 e. The molecular weight excluding hydrogens is 596 g/mol. The molecule has 4 aromatic rings. The van der Waals surface area contributed by atoms with E-state index >= 15 is 0 Å². The molecule has 2 N–H and O–H groups in total. The lowest BCUT2D eigenvalue weighted by molar-refractivity contribution is -0.134. The molecule has 3 heterocycles. The van der Waals surface area contributed by atoms with Crippen molar-refractivity contribution in [1.29, 1.82) is 0 Å². The molecule has 45 heavy (non-hydrogen) atoms. The van der Waals surface area contributed by atoms with Gasteiger partial charge in [-0.15, -0.1) is 0 Å². The quantitative estimate of drug-likeness (QED) is 0.288. The van der Waals surface area contributed by atoms with Gasteiger partial charge in [-0.25, -0.2) is 13.4 Å². The molecule has 13 heteroatoms. The molecule has 0 saturated carbocycles. The molecule has 0 bridgehead atoms. The van der Waals surface area contributed by atoms with Crippen molar-refractivity contribution < 1.29 is 27.9 Å². The molecule has 0 spiro atoms. The maximum atomic E-state index is 13.6. The van der Waals surface area contributed by atoms with Crippen molar-refractivity contribution in [3.63, 3.8) is 0 Å². The van der Waals surface area contributed by atoms with Crippen LogP contribution in [0.5, 0.6) is 5.75 Å². The van der Waals surface area contributed by atoms with Crippen LogP contribution in [0.1, 0.15) is 25.0 Å². The minimum Gasteiger partial charge on any atom is -0.488 e. The van der Waals surface area contributed by atoms with Crippen molar-refractivity contribution in [3.8, 4) is 5.75 Å². The first kappa shape index (κ1) is 32.2. The van der Waals surface area contributed by atoms with Crippen molar-refractivity contribution in [2.24, 2.45) is 20.0 Å². The first-order valence-electron chi connectivity index (χ1n) is 14.8. The highest BCUT2D eigenvalue weighted by molar-refractivity contribution is 7.89. The summed E-state index contributed by atoms with van der Waals surface area (Å²) in [7, 11) is 1.21. The molecule has 0 saturated heterocycles. The summed E-state index contributed by atoms with van der Waals surface area (Å²) in [5.41, 5.74) is 3.00. The second-order valence-electron chi connectivity index (χ2n) is 11.9. The summed E-state index contributed by atoms with van der Waals surface area (Å²) < 4.78 is 37.8. The summed E-state index contributed by atoms with van der Waals surface area (Å²) in [6, 6.07) is 12.6. The molecule has 0 aliphatic carbocycles.